The van der Waals surface area contributed by atoms with Gasteiger partial charge in [0.2, 0.25) is 5.91 Å². The predicted molar refractivity (Wildman–Crippen MR) is 93.4 cm³/mol. The third kappa shape index (κ3) is 4.01. The Bertz CT molecular complexity index is 671. The van der Waals surface area contributed by atoms with Crippen LogP contribution in [-0.4, -0.2) is 39.6 Å². The lowest BCUT2D eigenvalue weighted by Crippen LogP contribution is -2.53. The van der Waals surface area contributed by atoms with Gasteiger partial charge in [-0.05, 0) is 37.0 Å². The van der Waals surface area contributed by atoms with E-state index in [4.69, 9.17) is 0 Å². The van der Waals surface area contributed by atoms with Crippen LogP contribution in [-0.2, 0) is 17.6 Å². The van der Waals surface area contributed by atoms with Crippen LogP contribution in [0.25, 0.3) is 0 Å². The third-order valence-electron chi connectivity index (χ3n) is 4.96. The Labute approximate surface area is 143 Å². The summed E-state index contributed by atoms with van der Waals surface area (Å²) in [6, 6.07) is 13.9. The fourth-order valence-electron chi connectivity index (χ4n) is 3.32. The highest BCUT2D eigenvalue weighted by atomic mass is 16.3. The third-order valence-corrected chi connectivity index (χ3v) is 4.96. The predicted octanol–water partition coefficient (Wildman–Crippen LogP) is 2.47. The maximum Gasteiger partial charge on any atom is 0.227 e. The summed E-state index contributed by atoms with van der Waals surface area (Å²) in [5, 5.41) is 10.7. The molecule has 126 valence electrons. The lowest BCUT2D eigenvalue weighted by atomic mass is 9.78. The van der Waals surface area contributed by atoms with Crippen LogP contribution in [0.3, 0.4) is 0 Å². The lowest BCUT2D eigenvalue weighted by molar-refractivity contribution is -0.138. The van der Waals surface area contributed by atoms with Crippen molar-refractivity contribution in [2.45, 2.75) is 31.8 Å². The molecule has 0 aliphatic carbocycles. The highest BCUT2D eigenvalue weighted by Gasteiger charge is 2.38. The number of likely N-dealkylation sites (tertiary alicyclic amines) is 1. The summed E-state index contributed by atoms with van der Waals surface area (Å²) in [5.41, 5.74) is 1.39. The molecule has 1 saturated heterocycles. The van der Waals surface area contributed by atoms with E-state index in [2.05, 4.69) is 17.1 Å². The maximum absolute atomic E-state index is 12.6. The van der Waals surface area contributed by atoms with Gasteiger partial charge in [-0.2, -0.15) is 0 Å². The molecule has 0 spiro atoms. The van der Waals surface area contributed by atoms with Crippen molar-refractivity contribution in [3.8, 4) is 0 Å². The zero-order valence-corrected chi connectivity index (χ0v) is 14.1. The van der Waals surface area contributed by atoms with Gasteiger partial charge >= 0.3 is 0 Å². The molecule has 1 aliphatic rings. The van der Waals surface area contributed by atoms with E-state index in [1.807, 2.05) is 42.2 Å². The van der Waals surface area contributed by atoms with Gasteiger partial charge in [0.25, 0.3) is 0 Å². The first kappa shape index (κ1) is 16.7. The fourth-order valence-corrected chi connectivity index (χ4v) is 3.32. The normalized spacial score (nSPS) is 23.9. The standard InChI is InChI=1S/C20H24N2O2/c1-20(24)9-11-22(19(23)13-17-8-5-10-21-14-17)15-18(20)12-16-6-3-2-4-7-16/h2-8,10,14,18,24H,9,11-13,15H2,1H3/t18-,20+/m0/s1. The van der Waals surface area contributed by atoms with Gasteiger partial charge in [0.1, 0.15) is 0 Å². The van der Waals surface area contributed by atoms with Crippen molar-refractivity contribution < 1.29 is 9.90 Å². The average molecular weight is 324 g/mol. The first-order valence-electron chi connectivity index (χ1n) is 8.47. The van der Waals surface area contributed by atoms with Gasteiger partial charge < -0.3 is 10.0 Å². The van der Waals surface area contributed by atoms with Crippen molar-refractivity contribution in [1.82, 2.24) is 9.88 Å². The highest BCUT2D eigenvalue weighted by Crippen LogP contribution is 2.30. The number of piperidine rings is 1. The van der Waals surface area contributed by atoms with E-state index < -0.39 is 5.60 Å². The molecule has 1 aliphatic heterocycles. The highest BCUT2D eigenvalue weighted by molar-refractivity contribution is 5.78. The second-order valence-corrected chi connectivity index (χ2v) is 6.87. The van der Waals surface area contributed by atoms with Crippen LogP contribution in [0.5, 0.6) is 0 Å². The molecule has 24 heavy (non-hydrogen) atoms. The second kappa shape index (κ2) is 7.14. The van der Waals surface area contributed by atoms with Gasteiger partial charge in [0.15, 0.2) is 0 Å². The molecule has 1 amide bonds. The van der Waals surface area contributed by atoms with Crippen LogP contribution in [0.1, 0.15) is 24.5 Å². The van der Waals surface area contributed by atoms with E-state index in [1.54, 1.807) is 12.4 Å². The molecule has 1 fully saturated rings. The molecule has 0 bridgehead atoms. The minimum absolute atomic E-state index is 0.0477. The van der Waals surface area contributed by atoms with Crippen LogP contribution in [0.15, 0.2) is 54.9 Å². The molecule has 0 unspecified atom stereocenters. The smallest absolute Gasteiger partial charge is 0.227 e. The molecular formula is C20H24N2O2. The summed E-state index contributed by atoms with van der Waals surface area (Å²) in [4.78, 5) is 18.5. The quantitative estimate of drug-likeness (QED) is 0.940. The molecule has 2 heterocycles. The number of carbonyl (C=O) groups excluding carboxylic acids is 1. The SMILES string of the molecule is C[C@@]1(O)CCN(C(=O)Cc2cccnc2)C[C@@H]1Cc1ccccc1. The minimum atomic E-state index is -0.735. The molecule has 3 rings (SSSR count). The van der Waals surface area contributed by atoms with Crippen LogP contribution in [0.2, 0.25) is 0 Å². The topological polar surface area (TPSA) is 53.4 Å². The molecule has 1 aromatic carbocycles. The van der Waals surface area contributed by atoms with E-state index in [9.17, 15) is 9.90 Å². The number of nitrogens with zero attached hydrogens (tertiary/aromatic N) is 2. The summed E-state index contributed by atoms with van der Waals surface area (Å²) in [7, 11) is 0. The molecular weight excluding hydrogens is 300 g/mol. The van der Waals surface area contributed by atoms with Crippen molar-refractivity contribution in [2.75, 3.05) is 13.1 Å². The Morgan fingerprint density at radius 2 is 2.00 bits per heavy atom. The number of aromatic nitrogens is 1. The van der Waals surface area contributed by atoms with Crippen LogP contribution < -0.4 is 0 Å². The van der Waals surface area contributed by atoms with Crippen LogP contribution >= 0.6 is 0 Å². The van der Waals surface area contributed by atoms with Gasteiger partial charge in [0.05, 0.1) is 12.0 Å². The molecule has 1 aromatic heterocycles. The number of carbonyl (C=O) groups is 1. The fraction of sp³-hybridized carbons (Fsp3) is 0.400. The monoisotopic (exact) mass is 324 g/mol. The van der Waals surface area contributed by atoms with Crippen molar-refractivity contribution in [1.29, 1.82) is 0 Å². The Kier molecular flexibility index (Phi) is 4.95. The molecule has 0 radical (unpaired) electrons. The van der Waals surface area contributed by atoms with Crippen molar-refractivity contribution >= 4 is 5.91 Å². The summed E-state index contributed by atoms with van der Waals surface area (Å²) in [6.45, 7) is 3.10. The van der Waals surface area contributed by atoms with E-state index in [0.717, 1.165) is 12.0 Å². The Balaban J connectivity index is 1.67. The van der Waals surface area contributed by atoms with Crippen molar-refractivity contribution in [3.05, 3.63) is 66.0 Å². The summed E-state index contributed by atoms with van der Waals surface area (Å²) in [5.74, 6) is 0.156. The number of hydrogen-bond donors (Lipinski definition) is 1. The van der Waals surface area contributed by atoms with Gasteiger partial charge in [-0.1, -0.05) is 36.4 Å². The molecule has 2 aromatic rings. The zero-order valence-electron chi connectivity index (χ0n) is 14.1. The largest absolute Gasteiger partial charge is 0.390 e. The first-order chi connectivity index (χ1) is 11.5. The van der Waals surface area contributed by atoms with E-state index >= 15 is 0 Å². The summed E-state index contributed by atoms with van der Waals surface area (Å²) < 4.78 is 0. The van der Waals surface area contributed by atoms with E-state index in [1.165, 1.54) is 5.56 Å². The van der Waals surface area contributed by atoms with Crippen molar-refractivity contribution in [2.24, 2.45) is 5.92 Å². The van der Waals surface area contributed by atoms with Crippen LogP contribution in [0, 0.1) is 5.92 Å². The van der Waals surface area contributed by atoms with Crippen LogP contribution in [0.4, 0.5) is 0 Å². The van der Waals surface area contributed by atoms with Gasteiger partial charge in [-0.25, -0.2) is 0 Å². The Morgan fingerprint density at radius 1 is 1.25 bits per heavy atom. The minimum Gasteiger partial charge on any atom is -0.390 e. The zero-order chi connectivity index (χ0) is 17.0. The summed E-state index contributed by atoms with van der Waals surface area (Å²) in [6.07, 6.45) is 5.21. The number of pyridine rings is 1. The number of aliphatic hydroxyl groups is 1. The van der Waals surface area contributed by atoms with E-state index in [0.29, 0.717) is 25.9 Å². The molecule has 4 heteroatoms. The van der Waals surface area contributed by atoms with E-state index in [-0.39, 0.29) is 11.8 Å². The van der Waals surface area contributed by atoms with Gasteiger partial charge in [-0.3, -0.25) is 9.78 Å². The molecule has 0 saturated carbocycles. The number of rotatable bonds is 4. The van der Waals surface area contributed by atoms with Gasteiger partial charge in [0, 0.05) is 31.4 Å². The Hall–Kier alpha value is -2.20. The molecule has 4 nitrogen and oxygen atoms in total. The summed E-state index contributed by atoms with van der Waals surface area (Å²) >= 11 is 0. The Morgan fingerprint density at radius 3 is 2.71 bits per heavy atom. The number of benzene rings is 1. The maximum atomic E-state index is 12.6. The number of hydrogen-bond acceptors (Lipinski definition) is 3. The lowest BCUT2D eigenvalue weighted by Gasteiger charge is -2.43. The van der Waals surface area contributed by atoms with Crippen molar-refractivity contribution in [3.63, 3.8) is 0 Å². The first-order valence-corrected chi connectivity index (χ1v) is 8.47. The molecule has 2 atom stereocenters. The number of amides is 1. The average Bonchev–Trinajstić information content (AvgIpc) is 2.58. The second-order valence-electron chi connectivity index (χ2n) is 6.87. The van der Waals surface area contributed by atoms with Gasteiger partial charge in [-0.15, -0.1) is 0 Å². The molecule has 1 N–H and O–H groups in total.